The van der Waals surface area contributed by atoms with Crippen LogP contribution in [0.2, 0.25) is 0 Å². The van der Waals surface area contributed by atoms with Crippen molar-refractivity contribution in [3.8, 4) is 11.3 Å². The third kappa shape index (κ3) is 2.69. The first-order chi connectivity index (χ1) is 10.3. The molecule has 0 saturated carbocycles. The number of para-hydroxylation sites is 1. The normalized spacial score (nSPS) is 11.1. The Labute approximate surface area is 121 Å². The number of rotatable bonds is 3. The Balaban J connectivity index is 2.12. The van der Waals surface area contributed by atoms with Gasteiger partial charge < -0.3 is 9.25 Å². The molecule has 0 aliphatic rings. The Hall–Kier alpha value is -2.88. The molecule has 0 bridgehead atoms. The first-order valence-corrected chi connectivity index (χ1v) is 6.48. The SMILES string of the molecule is CO/N=C/c1cccc(-c2cc(=O)c3ccccc3o2)c1. The van der Waals surface area contributed by atoms with E-state index in [2.05, 4.69) is 9.99 Å². The smallest absolute Gasteiger partial charge is 0.193 e. The van der Waals surface area contributed by atoms with Crippen LogP contribution in [0.5, 0.6) is 0 Å². The molecule has 0 fully saturated rings. The summed E-state index contributed by atoms with van der Waals surface area (Å²) in [6.07, 6.45) is 1.60. The minimum Gasteiger partial charge on any atom is -0.456 e. The van der Waals surface area contributed by atoms with Crippen LogP contribution >= 0.6 is 0 Å². The molecular weight excluding hydrogens is 266 g/mol. The zero-order chi connectivity index (χ0) is 14.7. The Morgan fingerprint density at radius 1 is 1.10 bits per heavy atom. The van der Waals surface area contributed by atoms with Crippen molar-refractivity contribution in [3.05, 3.63) is 70.4 Å². The highest BCUT2D eigenvalue weighted by molar-refractivity contribution is 5.83. The minimum atomic E-state index is -0.0530. The third-order valence-electron chi connectivity index (χ3n) is 3.11. The Bertz CT molecular complexity index is 865. The van der Waals surface area contributed by atoms with Crippen LogP contribution in [-0.2, 0) is 4.84 Å². The highest BCUT2D eigenvalue weighted by Crippen LogP contribution is 2.22. The van der Waals surface area contributed by atoms with E-state index in [1.165, 1.54) is 13.2 Å². The van der Waals surface area contributed by atoms with Gasteiger partial charge in [0.2, 0.25) is 0 Å². The highest BCUT2D eigenvalue weighted by Gasteiger charge is 2.06. The van der Waals surface area contributed by atoms with Gasteiger partial charge in [-0.15, -0.1) is 0 Å². The predicted octanol–water partition coefficient (Wildman–Crippen LogP) is 3.44. The van der Waals surface area contributed by atoms with E-state index in [1.54, 1.807) is 18.3 Å². The number of oxime groups is 1. The van der Waals surface area contributed by atoms with Gasteiger partial charge in [0.15, 0.2) is 5.43 Å². The van der Waals surface area contributed by atoms with Crippen molar-refractivity contribution in [2.24, 2.45) is 5.16 Å². The average molecular weight is 279 g/mol. The second-order valence-corrected chi connectivity index (χ2v) is 4.51. The molecule has 0 saturated heterocycles. The second kappa shape index (κ2) is 5.63. The van der Waals surface area contributed by atoms with Crippen LogP contribution in [0.15, 0.2) is 69.0 Å². The molecule has 104 valence electrons. The predicted molar refractivity (Wildman–Crippen MR) is 82.5 cm³/mol. The van der Waals surface area contributed by atoms with Gasteiger partial charge in [-0.2, -0.15) is 0 Å². The fourth-order valence-electron chi connectivity index (χ4n) is 2.13. The van der Waals surface area contributed by atoms with Gasteiger partial charge >= 0.3 is 0 Å². The van der Waals surface area contributed by atoms with E-state index in [-0.39, 0.29) is 5.43 Å². The van der Waals surface area contributed by atoms with Crippen molar-refractivity contribution in [1.29, 1.82) is 0 Å². The van der Waals surface area contributed by atoms with Crippen LogP contribution in [0.1, 0.15) is 5.56 Å². The summed E-state index contributed by atoms with van der Waals surface area (Å²) in [4.78, 5) is 16.8. The summed E-state index contributed by atoms with van der Waals surface area (Å²) in [5.74, 6) is 0.534. The number of nitrogens with zero attached hydrogens (tertiary/aromatic N) is 1. The molecular formula is C17H13NO3. The van der Waals surface area contributed by atoms with Gasteiger partial charge in [-0.25, -0.2) is 0 Å². The van der Waals surface area contributed by atoms with E-state index in [9.17, 15) is 4.79 Å². The quantitative estimate of drug-likeness (QED) is 0.545. The molecule has 4 heteroatoms. The molecule has 3 aromatic rings. The van der Waals surface area contributed by atoms with Crippen molar-refractivity contribution < 1.29 is 9.25 Å². The Morgan fingerprint density at radius 2 is 1.95 bits per heavy atom. The van der Waals surface area contributed by atoms with Gasteiger partial charge in [-0.05, 0) is 23.8 Å². The van der Waals surface area contributed by atoms with Crippen LogP contribution in [0.25, 0.3) is 22.3 Å². The maximum absolute atomic E-state index is 12.1. The van der Waals surface area contributed by atoms with E-state index in [0.29, 0.717) is 16.7 Å². The van der Waals surface area contributed by atoms with Crippen molar-refractivity contribution in [2.45, 2.75) is 0 Å². The van der Waals surface area contributed by atoms with Crippen LogP contribution in [0.4, 0.5) is 0 Å². The van der Waals surface area contributed by atoms with Crippen LogP contribution < -0.4 is 5.43 Å². The third-order valence-corrected chi connectivity index (χ3v) is 3.11. The lowest BCUT2D eigenvalue weighted by Crippen LogP contribution is -2.00. The summed E-state index contributed by atoms with van der Waals surface area (Å²) in [5, 5.41) is 4.31. The molecule has 0 radical (unpaired) electrons. The molecule has 1 heterocycles. The lowest BCUT2D eigenvalue weighted by molar-refractivity contribution is 0.215. The fourth-order valence-corrected chi connectivity index (χ4v) is 2.13. The van der Waals surface area contributed by atoms with Crippen LogP contribution in [-0.4, -0.2) is 13.3 Å². The molecule has 0 N–H and O–H groups in total. The molecule has 1 aromatic heterocycles. The summed E-state index contributed by atoms with van der Waals surface area (Å²) in [7, 11) is 1.49. The molecule has 2 aromatic carbocycles. The first-order valence-electron chi connectivity index (χ1n) is 6.48. The number of fused-ring (bicyclic) bond motifs is 1. The van der Waals surface area contributed by atoms with Gasteiger partial charge in [0.05, 0.1) is 11.6 Å². The molecule has 21 heavy (non-hydrogen) atoms. The lowest BCUT2D eigenvalue weighted by Gasteiger charge is -2.04. The summed E-state index contributed by atoms with van der Waals surface area (Å²) in [6, 6.07) is 16.3. The average Bonchev–Trinajstić information content (AvgIpc) is 2.53. The molecule has 0 aliphatic carbocycles. The molecule has 4 nitrogen and oxygen atoms in total. The molecule has 3 rings (SSSR count). The molecule has 0 unspecified atom stereocenters. The standard InChI is InChI=1S/C17H13NO3/c1-20-18-11-12-5-4-6-13(9-12)17-10-15(19)14-7-2-3-8-16(14)21-17/h2-11H,1H3/b18-11+. The molecule has 0 spiro atoms. The topological polar surface area (TPSA) is 51.8 Å². The summed E-state index contributed by atoms with van der Waals surface area (Å²) < 4.78 is 5.81. The van der Waals surface area contributed by atoms with Gasteiger partial charge in [0.1, 0.15) is 18.5 Å². The summed E-state index contributed by atoms with van der Waals surface area (Å²) in [6.45, 7) is 0. The highest BCUT2D eigenvalue weighted by atomic mass is 16.6. The largest absolute Gasteiger partial charge is 0.456 e. The van der Waals surface area contributed by atoms with Crippen molar-refractivity contribution in [1.82, 2.24) is 0 Å². The number of hydrogen-bond acceptors (Lipinski definition) is 4. The first kappa shape index (κ1) is 13.1. The fraction of sp³-hybridized carbons (Fsp3) is 0.0588. The summed E-state index contributed by atoms with van der Waals surface area (Å²) in [5.41, 5.74) is 2.21. The monoisotopic (exact) mass is 279 g/mol. The Morgan fingerprint density at radius 3 is 2.81 bits per heavy atom. The van der Waals surface area contributed by atoms with Crippen LogP contribution in [0.3, 0.4) is 0 Å². The molecule has 0 amide bonds. The maximum Gasteiger partial charge on any atom is 0.193 e. The zero-order valence-corrected chi connectivity index (χ0v) is 11.4. The van der Waals surface area contributed by atoms with E-state index in [4.69, 9.17) is 4.42 Å². The van der Waals surface area contributed by atoms with Crippen molar-refractivity contribution in [3.63, 3.8) is 0 Å². The number of benzene rings is 2. The van der Waals surface area contributed by atoms with Gasteiger partial charge in [-0.1, -0.05) is 35.5 Å². The lowest BCUT2D eigenvalue weighted by atomic mass is 10.1. The summed E-state index contributed by atoms with van der Waals surface area (Å²) >= 11 is 0. The van der Waals surface area contributed by atoms with E-state index in [1.807, 2.05) is 36.4 Å². The van der Waals surface area contributed by atoms with Gasteiger partial charge in [0.25, 0.3) is 0 Å². The maximum atomic E-state index is 12.1. The number of hydrogen-bond donors (Lipinski definition) is 0. The molecule has 0 aliphatic heterocycles. The van der Waals surface area contributed by atoms with Crippen molar-refractivity contribution in [2.75, 3.05) is 7.11 Å². The molecule has 0 atom stereocenters. The van der Waals surface area contributed by atoms with Gasteiger partial charge in [0, 0.05) is 11.6 Å². The van der Waals surface area contributed by atoms with E-state index in [0.717, 1.165) is 11.1 Å². The van der Waals surface area contributed by atoms with Crippen molar-refractivity contribution >= 4 is 17.2 Å². The zero-order valence-electron chi connectivity index (χ0n) is 11.4. The van der Waals surface area contributed by atoms with E-state index < -0.39 is 0 Å². The van der Waals surface area contributed by atoms with Gasteiger partial charge in [-0.3, -0.25) is 4.79 Å². The Kier molecular flexibility index (Phi) is 3.51. The minimum absolute atomic E-state index is 0.0530. The second-order valence-electron chi connectivity index (χ2n) is 4.51. The van der Waals surface area contributed by atoms with E-state index >= 15 is 0 Å². The van der Waals surface area contributed by atoms with Crippen LogP contribution in [0, 0.1) is 0 Å².